The molecule has 1 aliphatic rings. The van der Waals surface area contributed by atoms with Crippen molar-refractivity contribution in [1.82, 2.24) is 0 Å². The Bertz CT molecular complexity index is 710. The number of allylic oxidation sites excluding steroid dienone is 6. The molecule has 0 saturated heterocycles. The lowest BCUT2D eigenvalue weighted by Crippen LogP contribution is -2.03. The smallest absolute Gasteiger partial charge is 0.118 e. The van der Waals surface area contributed by atoms with Crippen LogP contribution in [0.25, 0.3) is 5.57 Å². The molecule has 0 bridgehead atoms. The Morgan fingerprint density at radius 3 is 2.40 bits per heavy atom. The number of nitrogens with zero attached hydrogens (tertiary/aromatic N) is 2. The van der Waals surface area contributed by atoms with Crippen LogP contribution in [0.5, 0.6) is 0 Å². The molecule has 0 radical (unpaired) electrons. The van der Waals surface area contributed by atoms with Gasteiger partial charge in [0, 0.05) is 15.1 Å². The van der Waals surface area contributed by atoms with Gasteiger partial charge < -0.3 is 5.21 Å². The van der Waals surface area contributed by atoms with Crippen LogP contribution in [0, 0.1) is 11.3 Å². The maximum absolute atomic E-state index is 9.38. The Kier molecular flexibility index (Phi) is 4.66. The van der Waals surface area contributed by atoms with E-state index in [-0.39, 0.29) is 0 Å². The third-order valence-corrected chi connectivity index (χ3v) is 3.86. The van der Waals surface area contributed by atoms with Crippen LogP contribution in [-0.4, -0.2) is 10.9 Å². The Morgan fingerprint density at radius 2 is 1.85 bits per heavy atom. The molecule has 1 aromatic carbocycles. The Morgan fingerprint density at radius 1 is 1.20 bits per heavy atom. The van der Waals surface area contributed by atoms with Gasteiger partial charge in [0.05, 0.1) is 10.6 Å². The number of nitriles is 1. The molecule has 100 valence electrons. The van der Waals surface area contributed by atoms with Crippen molar-refractivity contribution in [2.24, 2.45) is 5.16 Å². The molecule has 0 aliphatic heterocycles. The van der Waals surface area contributed by atoms with Crippen LogP contribution in [0.15, 0.2) is 56.7 Å². The van der Waals surface area contributed by atoms with Gasteiger partial charge in [-0.3, -0.25) is 0 Å². The fourth-order valence-corrected chi connectivity index (χ4v) is 2.50. The lowest BCUT2D eigenvalue weighted by molar-refractivity contribution is 0.320. The van der Waals surface area contributed by atoms with Crippen molar-refractivity contribution in [2.45, 2.75) is 0 Å². The SMILES string of the molecule is N#CC(=C1C=C(Br)/C(=N\O)C=C1Cl)c1ccc(Cl)cc1. The van der Waals surface area contributed by atoms with E-state index in [2.05, 4.69) is 27.2 Å². The number of hydrogen-bond acceptors (Lipinski definition) is 3. The Balaban J connectivity index is 2.61. The Hall–Kier alpha value is -1.54. The number of halogens is 3. The van der Waals surface area contributed by atoms with Gasteiger partial charge in [0.1, 0.15) is 11.8 Å². The minimum atomic E-state index is 0.298. The average Bonchev–Trinajstić information content (AvgIpc) is 2.45. The van der Waals surface area contributed by atoms with Gasteiger partial charge >= 0.3 is 0 Å². The van der Waals surface area contributed by atoms with Crippen molar-refractivity contribution in [3.05, 3.63) is 62.1 Å². The highest BCUT2D eigenvalue weighted by Crippen LogP contribution is 2.33. The predicted octanol–water partition coefficient (Wildman–Crippen LogP) is 4.86. The zero-order chi connectivity index (χ0) is 14.7. The summed E-state index contributed by atoms with van der Waals surface area (Å²) in [4.78, 5) is 0. The highest BCUT2D eigenvalue weighted by atomic mass is 79.9. The number of rotatable bonds is 1. The first-order valence-electron chi connectivity index (χ1n) is 5.44. The van der Waals surface area contributed by atoms with Crippen molar-refractivity contribution in [1.29, 1.82) is 5.26 Å². The first kappa shape index (κ1) is 14.9. The van der Waals surface area contributed by atoms with E-state index >= 15 is 0 Å². The number of hydrogen-bond donors (Lipinski definition) is 1. The fraction of sp³-hybridized carbons (Fsp3) is 0. The molecule has 1 aromatic rings. The maximum Gasteiger partial charge on any atom is 0.118 e. The molecule has 0 amide bonds. The molecule has 0 saturated carbocycles. The zero-order valence-corrected chi connectivity index (χ0v) is 13.0. The van der Waals surface area contributed by atoms with Crippen LogP contribution in [-0.2, 0) is 0 Å². The van der Waals surface area contributed by atoms with Crippen molar-refractivity contribution in [3.8, 4) is 6.07 Å². The summed E-state index contributed by atoms with van der Waals surface area (Å²) in [6.07, 6.45) is 3.12. The van der Waals surface area contributed by atoms with Gasteiger partial charge in [0.2, 0.25) is 0 Å². The monoisotopic (exact) mass is 368 g/mol. The molecule has 2 rings (SSSR count). The lowest BCUT2D eigenvalue weighted by Gasteiger charge is -2.12. The molecule has 1 aliphatic carbocycles. The highest BCUT2D eigenvalue weighted by Gasteiger charge is 2.18. The third-order valence-electron chi connectivity index (χ3n) is 2.66. The van der Waals surface area contributed by atoms with Crippen molar-refractivity contribution in [2.75, 3.05) is 0 Å². The van der Waals surface area contributed by atoms with E-state index in [1.54, 1.807) is 30.3 Å². The van der Waals surface area contributed by atoms with E-state index in [1.165, 1.54) is 6.08 Å². The summed E-state index contributed by atoms with van der Waals surface area (Å²) >= 11 is 15.2. The summed E-state index contributed by atoms with van der Waals surface area (Å²) in [7, 11) is 0. The van der Waals surface area contributed by atoms with E-state index in [9.17, 15) is 5.26 Å². The van der Waals surface area contributed by atoms with Crippen LogP contribution in [0.1, 0.15) is 5.56 Å². The van der Waals surface area contributed by atoms with E-state index < -0.39 is 0 Å². The van der Waals surface area contributed by atoms with Crippen LogP contribution < -0.4 is 0 Å². The average molecular weight is 370 g/mol. The minimum absolute atomic E-state index is 0.298. The second-order valence-electron chi connectivity index (χ2n) is 3.88. The third kappa shape index (κ3) is 2.96. The van der Waals surface area contributed by atoms with Crippen LogP contribution in [0.4, 0.5) is 0 Å². The summed E-state index contributed by atoms with van der Waals surface area (Å²) in [5, 5.41) is 22.2. The molecule has 0 fully saturated rings. The Labute approximate surface area is 134 Å². The summed E-state index contributed by atoms with van der Waals surface area (Å²) in [5.74, 6) is 0. The molecular weight excluding hydrogens is 363 g/mol. The minimum Gasteiger partial charge on any atom is -0.410 e. The molecule has 3 nitrogen and oxygen atoms in total. The van der Waals surface area contributed by atoms with Gasteiger partial charge in [-0.15, -0.1) is 0 Å². The molecule has 20 heavy (non-hydrogen) atoms. The lowest BCUT2D eigenvalue weighted by atomic mass is 9.97. The van der Waals surface area contributed by atoms with Gasteiger partial charge in [0.25, 0.3) is 0 Å². The molecule has 0 spiro atoms. The number of benzene rings is 1. The zero-order valence-electron chi connectivity index (χ0n) is 9.94. The second-order valence-corrected chi connectivity index (χ2v) is 5.58. The van der Waals surface area contributed by atoms with Gasteiger partial charge in [-0.25, -0.2) is 0 Å². The topological polar surface area (TPSA) is 56.4 Å². The van der Waals surface area contributed by atoms with Gasteiger partial charge in [-0.05, 0) is 45.8 Å². The number of oxime groups is 1. The van der Waals surface area contributed by atoms with Crippen molar-refractivity contribution >= 4 is 50.4 Å². The second kappa shape index (κ2) is 6.27. The van der Waals surface area contributed by atoms with Crippen molar-refractivity contribution in [3.63, 3.8) is 0 Å². The van der Waals surface area contributed by atoms with E-state index in [0.717, 1.165) is 0 Å². The largest absolute Gasteiger partial charge is 0.410 e. The highest BCUT2D eigenvalue weighted by molar-refractivity contribution is 9.12. The van der Waals surface area contributed by atoms with Crippen molar-refractivity contribution < 1.29 is 5.21 Å². The fourth-order valence-electron chi connectivity index (χ4n) is 1.70. The first-order chi connectivity index (χ1) is 9.56. The van der Waals surface area contributed by atoms with E-state index in [1.807, 2.05) is 0 Å². The van der Waals surface area contributed by atoms with Gasteiger partial charge in [0.15, 0.2) is 0 Å². The van der Waals surface area contributed by atoms with Gasteiger partial charge in [-0.2, -0.15) is 5.26 Å². The van der Waals surface area contributed by atoms with Gasteiger partial charge in [-0.1, -0.05) is 40.5 Å². The van der Waals surface area contributed by atoms with Crippen LogP contribution in [0.3, 0.4) is 0 Å². The molecule has 0 heterocycles. The molecule has 1 N–H and O–H groups in total. The first-order valence-corrected chi connectivity index (χ1v) is 6.99. The quantitative estimate of drug-likeness (QED) is 0.436. The normalized spacial score (nSPS) is 19.2. The standard InChI is InChI=1S/C14H7BrCl2N2O/c15-12-5-10(13(17)6-14(12)19-20)11(7-18)8-1-3-9(16)4-2-8/h1-6,20H/b11-10?,19-14-. The molecular formula is C14H7BrCl2N2O. The summed E-state index contributed by atoms with van der Waals surface area (Å²) in [5.41, 5.74) is 1.97. The molecule has 6 heteroatoms. The maximum atomic E-state index is 9.38. The van der Waals surface area contributed by atoms with Crippen LogP contribution >= 0.6 is 39.1 Å². The molecule has 0 unspecified atom stereocenters. The molecule has 0 aromatic heterocycles. The van der Waals surface area contributed by atoms with E-state index in [4.69, 9.17) is 28.4 Å². The van der Waals surface area contributed by atoms with E-state index in [0.29, 0.717) is 37.0 Å². The molecule has 0 atom stereocenters. The summed E-state index contributed by atoms with van der Waals surface area (Å²) in [6, 6.07) is 9.03. The predicted molar refractivity (Wildman–Crippen MR) is 84.2 cm³/mol. The summed E-state index contributed by atoms with van der Waals surface area (Å²) < 4.78 is 0.543. The summed E-state index contributed by atoms with van der Waals surface area (Å²) in [6.45, 7) is 0. The van der Waals surface area contributed by atoms with Crippen LogP contribution in [0.2, 0.25) is 5.02 Å².